The lowest BCUT2D eigenvalue weighted by Gasteiger charge is -2.14. The number of anilines is 2. The smallest absolute Gasteiger partial charge is 0.134 e. The Labute approximate surface area is 109 Å². The standard InChI is InChI=1S/C13H24N4O/c1-5-11(18)7-8-15-13-9(3)12(14-6-2)16-10(4)17-13/h11,18H,5-8H2,1-4H3,(H2,14,15,16,17). The summed E-state index contributed by atoms with van der Waals surface area (Å²) in [6.45, 7) is 9.46. The lowest BCUT2D eigenvalue weighted by molar-refractivity contribution is 0.164. The SMILES string of the molecule is CCNc1nc(C)nc(NCCC(O)CC)c1C. The van der Waals surface area contributed by atoms with Crippen LogP contribution in [0.3, 0.4) is 0 Å². The second-order valence-corrected chi connectivity index (χ2v) is 4.40. The number of aliphatic hydroxyl groups excluding tert-OH is 1. The Balaban J connectivity index is 2.69. The summed E-state index contributed by atoms with van der Waals surface area (Å²) in [5.74, 6) is 2.47. The molecule has 1 unspecified atom stereocenters. The maximum absolute atomic E-state index is 9.51. The van der Waals surface area contributed by atoms with Gasteiger partial charge in [0.25, 0.3) is 0 Å². The fraction of sp³-hybridized carbons (Fsp3) is 0.692. The van der Waals surface area contributed by atoms with Crippen molar-refractivity contribution in [3.63, 3.8) is 0 Å². The molecule has 0 aliphatic heterocycles. The molecule has 0 aliphatic rings. The third-order valence-electron chi connectivity index (χ3n) is 2.84. The number of hydrogen-bond acceptors (Lipinski definition) is 5. The highest BCUT2D eigenvalue weighted by Crippen LogP contribution is 2.19. The summed E-state index contributed by atoms with van der Waals surface area (Å²) in [6.07, 6.45) is 1.27. The Bertz CT molecular complexity index is 381. The van der Waals surface area contributed by atoms with E-state index in [9.17, 15) is 5.11 Å². The molecule has 0 saturated heterocycles. The summed E-state index contributed by atoms with van der Waals surface area (Å²) < 4.78 is 0. The predicted molar refractivity (Wildman–Crippen MR) is 75.1 cm³/mol. The largest absolute Gasteiger partial charge is 0.393 e. The van der Waals surface area contributed by atoms with Gasteiger partial charge < -0.3 is 15.7 Å². The molecule has 0 amide bonds. The van der Waals surface area contributed by atoms with E-state index in [1.54, 1.807) is 0 Å². The highest BCUT2D eigenvalue weighted by Gasteiger charge is 2.08. The quantitative estimate of drug-likeness (QED) is 0.693. The Morgan fingerprint density at radius 1 is 1.11 bits per heavy atom. The van der Waals surface area contributed by atoms with E-state index in [0.29, 0.717) is 0 Å². The van der Waals surface area contributed by atoms with Crippen molar-refractivity contribution in [1.29, 1.82) is 0 Å². The second-order valence-electron chi connectivity index (χ2n) is 4.40. The summed E-state index contributed by atoms with van der Waals surface area (Å²) in [5.41, 5.74) is 1.02. The van der Waals surface area contributed by atoms with Gasteiger partial charge >= 0.3 is 0 Å². The molecule has 0 radical (unpaired) electrons. The maximum Gasteiger partial charge on any atom is 0.134 e. The first-order chi connectivity index (χ1) is 8.58. The van der Waals surface area contributed by atoms with Crippen LogP contribution in [-0.2, 0) is 0 Å². The zero-order valence-electron chi connectivity index (χ0n) is 11.7. The molecule has 0 fully saturated rings. The van der Waals surface area contributed by atoms with Gasteiger partial charge in [0.2, 0.25) is 0 Å². The van der Waals surface area contributed by atoms with E-state index in [2.05, 4.69) is 20.6 Å². The highest BCUT2D eigenvalue weighted by molar-refractivity contribution is 5.57. The van der Waals surface area contributed by atoms with Crippen LogP contribution < -0.4 is 10.6 Å². The number of nitrogens with zero attached hydrogens (tertiary/aromatic N) is 2. The molecule has 0 aliphatic carbocycles. The van der Waals surface area contributed by atoms with Gasteiger partial charge in [-0.1, -0.05) is 6.92 Å². The van der Waals surface area contributed by atoms with Gasteiger partial charge in [-0.3, -0.25) is 0 Å². The molecule has 1 aromatic rings. The molecule has 0 bridgehead atoms. The van der Waals surface area contributed by atoms with Crippen molar-refractivity contribution < 1.29 is 5.11 Å². The molecule has 1 heterocycles. The van der Waals surface area contributed by atoms with Crippen molar-refractivity contribution in [2.75, 3.05) is 23.7 Å². The van der Waals surface area contributed by atoms with E-state index in [-0.39, 0.29) is 6.10 Å². The van der Waals surface area contributed by atoms with Crippen molar-refractivity contribution in [3.8, 4) is 0 Å². The number of aryl methyl sites for hydroxylation is 1. The first kappa shape index (κ1) is 14.7. The number of nitrogens with one attached hydrogen (secondary N) is 2. The van der Waals surface area contributed by atoms with Gasteiger partial charge in [-0.05, 0) is 33.6 Å². The molecular formula is C13H24N4O. The molecule has 1 aromatic heterocycles. The van der Waals surface area contributed by atoms with Gasteiger partial charge in [-0.15, -0.1) is 0 Å². The Kier molecular flexibility index (Phi) is 5.85. The lowest BCUT2D eigenvalue weighted by Crippen LogP contribution is -2.15. The molecule has 5 nitrogen and oxygen atoms in total. The number of hydrogen-bond donors (Lipinski definition) is 3. The van der Waals surface area contributed by atoms with Crippen LogP contribution in [0.15, 0.2) is 0 Å². The minimum Gasteiger partial charge on any atom is -0.393 e. The van der Waals surface area contributed by atoms with Gasteiger partial charge in [-0.25, -0.2) is 9.97 Å². The van der Waals surface area contributed by atoms with Crippen LogP contribution >= 0.6 is 0 Å². The van der Waals surface area contributed by atoms with Crippen molar-refractivity contribution in [2.24, 2.45) is 0 Å². The van der Waals surface area contributed by atoms with Crippen LogP contribution in [0.1, 0.15) is 38.1 Å². The van der Waals surface area contributed by atoms with Gasteiger partial charge in [0, 0.05) is 18.7 Å². The van der Waals surface area contributed by atoms with E-state index in [1.807, 2.05) is 27.7 Å². The Morgan fingerprint density at radius 3 is 2.28 bits per heavy atom. The molecule has 18 heavy (non-hydrogen) atoms. The van der Waals surface area contributed by atoms with Crippen LogP contribution in [0.25, 0.3) is 0 Å². The zero-order chi connectivity index (χ0) is 13.5. The lowest BCUT2D eigenvalue weighted by atomic mass is 10.2. The van der Waals surface area contributed by atoms with Gasteiger partial charge in [0.15, 0.2) is 0 Å². The molecule has 0 spiro atoms. The van der Waals surface area contributed by atoms with E-state index in [0.717, 1.165) is 49.0 Å². The monoisotopic (exact) mass is 252 g/mol. The average molecular weight is 252 g/mol. The molecule has 1 rings (SSSR count). The van der Waals surface area contributed by atoms with E-state index < -0.39 is 0 Å². The van der Waals surface area contributed by atoms with Gasteiger partial charge in [0.1, 0.15) is 17.5 Å². The number of rotatable bonds is 7. The van der Waals surface area contributed by atoms with Crippen LogP contribution in [0, 0.1) is 13.8 Å². The zero-order valence-corrected chi connectivity index (χ0v) is 11.7. The second kappa shape index (κ2) is 7.16. The normalized spacial score (nSPS) is 12.3. The van der Waals surface area contributed by atoms with E-state index in [4.69, 9.17) is 0 Å². The third-order valence-corrected chi connectivity index (χ3v) is 2.84. The maximum atomic E-state index is 9.51. The number of aromatic nitrogens is 2. The van der Waals surface area contributed by atoms with Crippen molar-refractivity contribution in [3.05, 3.63) is 11.4 Å². The van der Waals surface area contributed by atoms with E-state index >= 15 is 0 Å². The molecule has 5 heteroatoms. The first-order valence-electron chi connectivity index (χ1n) is 6.59. The van der Waals surface area contributed by atoms with Crippen LogP contribution in [0.4, 0.5) is 11.6 Å². The van der Waals surface area contributed by atoms with Crippen molar-refractivity contribution >= 4 is 11.6 Å². The molecule has 1 atom stereocenters. The fourth-order valence-electron chi connectivity index (χ4n) is 1.70. The van der Waals surface area contributed by atoms with Crippen LogP contribution in [0.5, 0.6) is 0 Å². The highest BCUT2D eigenvalue weighted by atomic mass is 16.3. The summed E-state index contributed by atoms with van der Waals surface area (Å²) in [4.78, 5) is 8.77. The number of aliphatic hydroxyl groups is 1. The molecular weight excluding hydrogens is 228 g/mol. The molecule has 0 saturated carbocycles. The fourth-order valence-corrected chi connectivity index (χ4v) is 1.70. The Morgan fingerprint density at radius 2 is 1.72 bits per heavy atom. The minimum absolute atomic E-state index is 0.242. The van der Waals surface area contributed by atoms with Gasteiger partial charge in [0.05, 0.1) is 6.10 Å². The summed E-state index contributed by atoms with van der Waals surface area (Å²) in [7, 11) is 0. The molecule has 102 valence electrons. The minimum atomic E-state index is -0.242. The van der Waals surface area contributed by atoms with E-state index in [1.165, 1.54) is 0 Å². The van der Waals surface area contributed by atoms with Crippen LogP contribution in [-0.4, -0.2) is 34.3 Å². The van der Waals surface area contributed by atoms with Crippen molar-refractivity contribution in [1.82, 2.24) is 9.97 Å². The molecule has 0 aromatic carbocycles. The van der Waals surface area contributed by atoms with Gasteiger partial charge in [-0.2, -0.15) is 0 Å². The molecule has 3 N–H and O–H groups in total. The van der Waals surface area contributed by atoms with Crippen LogP contribution in [0.2, 0.25) is 0 Å². The summed E-state index contributed by atoms with van der Waals surface area (Å²) in [5, 5.41) is 16.0. The third kappa shape index (κ3) is 4.14. The predicted octanol–water partition coefficient (Wildman–Crippen LogP) is 2.10. The topological polar surface area (TPSA) is 70.1 Å². The van der Waals surface area contributed by atoms with Crippen molar-refractivity contribution in [2.45, 2.75) is 46.6 Å². The summed E-state index contributed by atoms with van der Waals surface area (Å²) >= 11 is 0. The average Bonchev–Trinajstić information content (AvgIpc) is 2.34. The summed E-state index contributed by atoms with van der Waals surface area (Å²) in [6, 6.07) is 0. The Hall–Kier alpha value is -1.36. The first-order valence-corrected chi connectivity index (χ1v) is 6.59.